The Morgan fingerprint density at radius 1 is 0.446 bits per heavy atom. The minimum Gasteiger partial charge on any atom is -0.468 e. The van der Waals surface area contributed by atoms with Gasteiger partial charge in [-0.15, -0.1) is 0 Å². The highest BCUT2D eigenvalue weighted by atomic mass is 16.3. The van der Waals surface area contributed by atoms with Gasteiger partial charge in [0, 0.05) is 33.8 Å². The lowest BCUT2D eigenvalue weighted by atomic mass is 9.35. The van der Waals surface area contributed by atoms with E-state index in [1.807, 2.05) is 0 Å². The molecule has 8 aromatic rings. The zero-order valence-corrected chi connectivity index (χ0v) is 39.6. The first-order valence-corrected chi connectivity index (χ1v) is 24.0. The molecule has 0 saturated heterocycles. The van der Waals surface area contributed by atoms with Crippen LogP contribution in [0.3, 0.4) is 0 Å². The van der Waals surface area contributed by atoms with E-state index < -0.39 is 0 Å². The van der Waals surface area contributed by atoms with E-state index in [9.17, 15) is 0 Å². The standard InChI is InChI=1S/C61H59BN2O/c1-38-31-52-55-53(32-38)64(44-24-25-46-47(35-44)59(4,5)28-27-58(46,2)3)56-45-36-48-49(61(8,9)30-29-60(48,6)7)37-54(45)65-57(56)62(55)50-26-23-42(40-19-14-11-15-20-40)34-51(50)63(52)43-22-16-21-41(33-43)39-17-12-10-13-18-39/h10-26,31-37H,27-30H2,1-9H3. The first-order chi connectivity index (χ1) is 31.1. The van der Waals surface area contributed by atoms with E-state index in [0.29, 0.717) is 0 Å². The Kier molecular flexibility index (Phi) is 8.60. The molecule has 0 saturated carbocycles. The quantitative estimate of drug-likeness (QED) is 0.165. The molecule has 2 aliphatic heterocycles. The van der Waals surface area contributed by atoms with Crippen LogP contribution in [0.25, 0.3) is 33.2 Å². The number of fused-ring (bicyclic) bond motifs is 8. The zero-order chi connectivity index (χ0) is 44.8. The molecule has 0 spiro atoms. The van der Waals surface area contributed by atoms with Crippen LogP contribution in [0.5, 0.6) is 0 Å². The summed E-state index contributed by atoms with van der Waals surface area (Å²) in [6, 6.07) is 55.2. The van der Waals surface area contributed by atoms with E-state index in [1.54, 1.807) is 0 Å². The molecule has 0 N–H and O–H groups in total. The van der Waals surface area contributed by atoms with Gasteiger partial charge >= 0.3 is 0 Å². The van der Waals surface area contributed by atoms with Crippen molar-refractivity contribution in [2.24, 2.45) is 0 Å². The van der Waals surface area contributed by atoms with E-state index in [0.717, 1.165) is 36.2 Å². The smallest absolute Gasteiger partial charge is 0.297 e. The summed E-state index contributed by atoms with van der Waals surface area (Å²) in [4.78, 5) is 5.15. The molecule has 3 nitrogen and oxygen atoms in total. The van der Waals surface area contributed by atoms with Crippen LogP contribution in [-0.4, -0.2) is 6.71 Å². The summed E-state index contributed by atoms with van der Waals surface area (Å²) >= 11 is 0. The van der Waals surface area contributed by atoms with E-state index in [1.165, 1.54) is 101 Å². The van der Waals surface area contributed by atoms with E-state index in [2.05, 4.69) is 218 Å². The van der Waals surface area contributed by atoms with Crippen LogP contribution in [0.1, 0.15) is 109 Å². The van der Waals surface area contributed by atoms with Gasteiger partial charge in [-0.1, -0.05) is 146 Å². The first-order valence-electron chi connectivity index (χ1n) is 24.0. The van der Waals surface area contributed by atoms with Crippen molar-refractivity contribution in [2.75, 3.05) is 9.80 Å². The van der Waals surface area contributed by atoms with Crippen molar-refractivity contribution in [3.05, 3.63) is 173 Å². The molecule has 322 valence electrons. The summed E-state index contributed by atoms with van der Waals surface area (Å²) < 4.78 is 7.57. The SMILES string of the molecule is Cc1cc2c3c(c1)N(c1ccc4c(c1)C(C)(C)CCC4(C)C)c1c(oc4cc5c(cc14)C(C)(C)CCC5(C)C)B3c1ccc(-c3ccccc3)cc1N2c1cccc(-c2ccccc2)c1. The molecule has 2 aliphatic carbocycles. The van der Waals surface area contributed by atoms with Gasteiger partial charge in [0.2, 0.25) is 0 Å². The van der Waals surface area contributed by atoms with Gasteiger partial charge in [0.1, 0.15) is 5.58 Å². The number of aryl methyl sites for hydroxylation is 1. The average molecular weight is 847 g/mol. The second-order valence-corrected chi connectivity index (χ2v) is 22.4. The highest BCUT2D eigenvalue weighted by Crippen LogP contribution is 2.53. The monoisotopic (exact) mass is 846 g/mol. The van der Waals surface area contributed by atoms with Crippen LogP contribution >= 0.6 is 0 Å². The number of furan rings is 1. The van der Waals surface area contributed by atoms with Crippen molar-refractivity contribution in [3.8, 4) is 22.3 Å². The van der Waals surface area contributed by atoms with Crippen molar-refractivity contribution >= 4 is 68.4 Å². The zero-order valence-electron chi connectivity index (χ0n) is 39.6. The van der Waals surface area contributed by atoms with Gasteiger partial charge in [0.25, 0.3) is 6.71 Å². The molecular formula is C61H59BN2O. The van der Waals surface area contributed by atoms with Crippen LogP contribution in [0.2, 0.25) is 0 Å². The van der Waals surface area contributed by atoms with Crippen molar-refractivity contribution in [1.82, 2.24) is 0 Å². The molecule has 7 aromatic carbocycles. The Bertz CT molecular complexity index is 3240. The third-order valence-corrected chi connectivity index (χ3v) is 16.2. The van der Waals surface area contributed by atoms with Gasteiger partial charge in [-0.3, -0.25) is 0 Å². The van der Waals surface area contributed by atoms with Gasteiger partial charge < -0.3 is 14.2 Å². The van der Waals surface area contributed by atoms with Crippen LogP contribution in [0, 0.1) is 6.92 Å². The number of nitrogens with zero attached hydrogens (tertiary/aromatic N) is 2. The molecule has 65 heavy (non-hydrogen) atoms. The molecule has 0 atom stereocenters. The maximum absolute atomic E-state index is 7.57. The Hall–Kier alpha value is -6.26. The molecule has 3 heterocycles. The number of hydrogen-bond acceptors (Lipinski definition) is 3. The summed E-state index contributed by atoms with van der Waals surface area (Å²) in [6.07, 6.45) is 4.66. The predicted molar refractivity (Wildman–Crippen MR) is 276 cm³/mol. The molecule has 12 rings (SSSR count). The molecular weight excluding hydrogens is 787 g/mol. The molecule has 0 radical (unpaired) electrons. The second-order valence-electron chi connectivity index (χ2n) is 22.4. The van der Waals surface area contributed by atoms with Crippen molar-refractivity contribution in [1.29, 1.82) is 0 Å². The van der Waals surface area contributed by atoms with Gasteiger partial charge in [0.15, 0.2) is 0 Å². The predicted octanol–water partition coefficient (Wildman–Crippen LogP) is 14.9. The van der Waals surface area contributed by atoms with Gasteiger partial charge in [-0.25, -0.2) is 0 Å². The molecule has 1 aromatic heterocycles. The van der Waals surface area contributed by atoms with Gasteiger partial charge in [0.05, 0.1) is 11.3 Å². The normalized spacial score (nSPS) is 18.1. The summed E-state index contributed by atoms with van der Waals surface area (Å²) in [7, 11) is 0. The fourth-order valence-electron chi connectivity index (χ4n) is 12.2. The van der Waals surface area contributed by atoms with Crippen molar-refractivity contribution in [2.45, 2.75) is 110 Å². The lowest BCUT2D eigenvalue weighted by Gasteiger charge is -2.44. The molecule has 0 unspecified atom stereocenters. The van der Waals surface area contributed by atoms with E-state index in [4.69, 9.17) is 4.42 Å². The molecule has 0 amide bonds. The highest BCUT2D eigenvalue weighted by molar-refractivity contribution is 7.00. The summed E-state index contributed by atoms with van der Waals surface area (Å²) in [5.41, 5.74) is 23.8. The molecule has 4 heteroatoms. The van der Waals surface area contributed by atoms with Gasteiger partial charge in [-0.05, 0) is 170 Å². The summed E-state index contributed by atoms with van der Waals surface area (Å²) in [5, 5.41) is 1.20. The molecule has 0 fully saturated rings. The van der Waals surface area contributed by atoms with E-state index >= 15 is 0 Å². The van der Waals surface area contributed by atoms with Crippen LogP contribution in [-0.2, 0) is 21.7 Å². The highest BCUT2D eigenvalue weighted by Gasteiger charge is 2.48. The Morgan fingerprint density at radius 2 is 0.985 bits per heavy atom. The average Bonchev–Trinajstić information content (AvgIpc) is 3.67. The maximum Gasteiger partial charge on any atom is 0.297 e. The molecule has 4 aliphatic rings. The molecule has 0 bridgehead atoms. The van der Waals surface area contributed by atoms with Crippen LogP contribution < -0.4 is 26.4 Å². The largest absolute Gasteiger partial charge is 0.468 e. The minimum absolute atomic E-state index is 0.0475. The fraction of sp³-hybridized carbons (Fsp3) is 0.279. The minimum atomic E-state index is -0.126. The fourth-order valence-corrected chi connectivity index (χ4v) is 12.2. The lowest BCUT2D eigenvalue weighted by Crippen LogP contribution is -2.61. The van der Waals surface area contributed by atoms with Gasteiger partial charge in [-0.2, -0.15) is 0 Å². The number of rotatable bonds is 4. The first kappa shape index (κ1) is 40.3. The second kappa shape index (κ2) is 13.9. The Morgan fingerprint density at radius 3 is 1.63 bits per heavy atom. The summed E-state index contributed by atoms with van der Waals surface area (Å²) in [5.74, 6) is 0. The van der Waals surface area contributed by atoms with Crippen molar-refractivity contribution in [3.63, 3.8) is 0 Å². The van der Waals surface area contributed by atoms with Crippen LogP contribution in [0.4, 0.5) is 34.1 Å². The van der Waals surface area contributed by atoms with Crippen LogP contribution in [0.15, 0.2) is 150 Å². The topological polar surface area (TPSA) is 19.6 Å². The number of anilines is 6. The Balaban J connectivity index is 1.18. The third kappa shape index (κ3) is 6.08. The third-order valence-electron chi connectivity index (χ3n) is 16.2. The summed E-state index contributed by atoms with van der Waals surface area (Å²) in [6.45, 7) is 21.6. The maximum atomic E-state index is 7.57. The number of hydrogen-bond donors (Lipinski definition) is 0. The number of benzene rings is 7. The Labute approximate surface area is 386 Å². The van der Waals surface area contributed by atoms with E-state index in [-0.39, 0.29) is 28.4 Å². The lowest BCUT2D eigenvalue weighted by molar-refractivity contribution is 0.332. The van der Waals surface area contributed by atoms with Crippen molar-refractivity contribution < 1.29 is 4.42 Å².